The van der Waals surface area contributed by atoms with Gasteiger partial charge in [-0.1, -0.05) is 12.1 Å². The predicted octanol–water partition coefficient (Wildman–Crippen LogP) is 4.62. The minimum atomic E-state index is 0.853. The normalized spacial score (nSPS) is 10.3. The minimum absolute atomic E-state index is 0.853. The van der Waals surface area contributed by atoms with Crippen LogP contribution in [0, 0.1) is 6.92 Å². The Hall–Kier alpha value is -1.00. The molecule has 2 rings (SSSR count). The first-order chi connectivity index (χ1) is 8.22. The Morgan fingerprint density at radius 3 is 2.76 bits per heavy atom. The van der Waals surface area contributed by atoms with Crippen molar-refractivity contribution in [2.75, 3.05) is 11.6 Å². The lowest BCUT2D eigenvalue weighted by Gasteiger charge is -2.11. The number of anilines is 2. The number of pyridine rings is 1. The van der Waals surface area contributed by atoms with Gasteiger partial charge in [-0.2, -0.15) is 0 Å². The second-order valence-corrected chi connectivity index (χ2v) is 5.26. The SMILES string of the molecule is CSc1ccccc1Nc1nccc(C)c1Br. The molecule has 1 heterocycles. The number of nitrogens with zero attached hydrogens (tertiary/aromatic N) is 1. The van der Waals surface area contributed by atoms with E-state index >= 15 is 0 Å². The van der Waals surface area contributed by atoms with E-state index in [-0.39, 0.29) is 0 Å². The molecule has 17 heavy (non-hydrogen) atoms. The number of aromatic nitrogens is 1. The molecule has 0 unspecified atom stereocenters. The number of aryl methyl sites for hydroxylation is 1. The third-order valence-corrected chi connectivity index (χ3v) is 4.24. The molecule has 0 saturated heterocycles. The highest BCUT2D eigenvalue weighted by atomic mass is 79.9. The number of para-hydroxylation sites is 1. The van der Waals surface area contributed by atoms with Gasteiger partial charge in [0.15, 0.2) is 0 Å². The molecule has 88 valence electrons. The van der Waals surface area contributed by atoms with E-state index in [1.807, 2.05) is 24.4 Å². The van der Waals surface area contributed by atoms with E-state index in [2.05, 4.69) is 51.5 Å². The first kappa shape index (κ1) is 12.5. The molecule has 0 bridgehead atoms. The monoisotopic (exact) mass is 308 g/mol. The van der Waals surface area contributed by atoms with Crippen molar-refractivity contribution in [1.29, 1.82) is 0 Å². The van der Waals surface area contributed by atoms with Gasteiger partial charge in [-0.15, -0.1) is 11.8 Å². The fourth-order valence-electron chi connectivity index (χ4n) is 1.50. The van der Waals surface area contributed by atoms with Crippen molar-refractivity contribution in [2.45, 2.75) is 11.8 Å². The van der Waals surface area contributed by atoms with E-state index < -0.39 is 0 Å². The smallest absolute Gasteiger partial charge is 0.144 e. The Kier molecular flexibility index (Phi) is 4.07. The molecule has 0 aliphatic heterocycles. The second kappa shape index (κ2) is 5.56. The molecule has 1 aromatic carbocycles. The summed E-state index contributed by atoms with van der Waals surface area (Å²) in [4.78, 5) is 5.55. The van der Waals surface area contributed by atoms with Gasteiger partial charge in [0.05, 0.1) is 10.2 Å². The summed E-state index contributed by atoms with van der Waals surface area (Å²) in [5, 5.41) is 3.35. The van der Waals surface area contributed by atoms with E-state index in [0.717, 1.165) is 16.0 Å². The highest BCUT2D eigenvalue weighted by Crippen LogP contribution is 2.31. The van der Waals surface area contributed by atoms with Gasteiger partial charge in [0.25, 0.3) is 0 Å². The minimum Gasteiger partial charge on any atom is -0.338 e. The number of benzene rings is 1. The van der Waals surface area contributed by atoms with Gasteiger partial charge < -0.3 is 5.32 Å². The first-order valence-electron chi connectivity index (χ1n) is 5.23. The van der Waals surface area contributed by atoms with Crippen LogP contribution in [0.25, 0.3) is 0 Å². The van der Waals surface area contributed by atoms with E-state index in [1.165, 1.54) is 10.5 Å². The molecule has 4 heteroatoms. The Bertz CT molecular complexity index is 529. The maximum absolute atomic E-state index is 4.34. The Balaban J connectivity index is 2.35. The van der Waals surface area contributed by atoms with Gasteiger partial charge in [-0.05, 0) is 52.9 Å². The van der Waals surface area contributed by atoms with Crippen molar-refractivity contribution in [1.82, 2.24) is 4.98 Å². The average molecular weight is 309 g/mol. The molecule has 2 aromatic rings. The van der Waals surface area contributed by atoms with Crippen LogP contribution in [0.3, 0.4) is 0 Å². The highest BCUT2D eigenvalue weighted by molar-refractivity contribution is 9.10. The van der Waals surface area contributed by atoms with Gasteiger partial charge in [0.1, 0.15) is 5.82 Å². The summed E-state index contributed by atoms with van der Waals surface area (Å²) in [5.41, 5.74) is 2.25. The summed E-state index contributed by atoms with van der Waals surface area (Å²) in [5.74, 6) is 0.853. The number of thioether (sulfide) groups is 1. The molecule has 0 saturated carbocycles. The molecular formula is C13H13BrN2S. The first-order valence-corrected chi connectivity index (χ1v) is 7.25. The molecular weight excluding hydrogens is 296 g/mol. The standard InChI is InChI=1S/C13H13BrN2S/c1-9-7-8-15-13(12(9)14)16-10-5-3-4-6-11(10)17-2/h3-8H,1-2H3,(H,15,16). The van der Waals surface area contributed by atoms with Crippen molar-refractivity contribution in [2.24, 2.45) is 0 Å². The van der Waals surface area contributed by atoms with Crippen LogP contribution in [0.4, 0.5) is 11.5 Å². The Morgan fingerprint density at radius 2 is 2.00 bits per heavy atom. The summed E-state index contributed by atoms with van der Waals surface area (Å²) >= 11 is 5.27. The lowest BCUT2D eigenvalue weighted by Crippen LogP contribution is -1.96. The van der Waals surface area contributed by atoms with E-state index in [9.17, 15) is 0 Å². The average Bonchev–Trinajstić information content (AvgIpc) is 2.35. The number of nitrogens with one attached hydrogen (secondary N) is 1. The number of hydrogen-bond acceptors (Lipinski definition) is 3. The van der Waals surface area contributed by atoms with Crippen molar-refractivity contribution in [3.8, 4) is 0 Å². The van der Waals surface area contributed by atoms with Crippen molar-refractivity contribution >= 4 is 39.2 Å². The number of hydrogen-bond donors (Lipinski definition) is 1. The molecule has 0 amide bonds. The van der Waals surface area contributed by atoms with Crippen LogP contribution in [0.5, 0.6) is 0 Å². The molecule has 0 fully saturated rings. The van der Waals surface area contributed by atoms with E-state index in [1.54, 1.807) is 11.8 Å². The number of rotatable bonds is 3. The lowest BCUT2D eigenvalue weighted by molar-refractivity contribution is 1.24. The Labute approximate surface area is 114 Å². The zero-order valence-electron chi connectivity index (χ0n) is 9.70. The molecule has 2 nitrogen and oxygen atoms in total. The molecule has 0 spiro atoms. The van der Waals surface area contributed by atoms with Crippen molar-refractivity contribution in [3.63, 3.8) is 0 Å². The van der Waals surface area contributed by atoms with Gasteiger partial charge >= 0.3 is 0 Å². The second-order valence-electron chi connectivity index (χ2n) is 3.62. The van der Waals surface area contributed by atoms with Gasteiger partial charge in [-0.25, -0.2) is 4.98 Å². The summed E-state index contributed by atoms with van der Waals surface area (Å²) < 4.78 is 1.01. The maximum atomic E-state index is 4.34. The number of halogens is 1. The summed E-state index contributed by atoms with van der Waals surface area (Å²) in [7, 11) is 0. The third-order valence-electron chi connectivity index (χ3n) is 2.44. The van der Waals surface area contributed by atoms with Crippen LogP contribution < -0.4 is 5.32 Å². The zero-order valence-corrected chi connectivity index (χ0v) is 12.1. The van der Waals surface area contributed by atoms with Crippen LogP contribution in [0.15, 0.2) is 45.9 Å². The van der Waals surface area contributed by atoms with E-state index in [4.69, 9.17) is 0 Å². The van der Waals surface area contributed by atoms with Crippen molar-refractivity contribution in [3.05, 3.63) is 46.6 Å². The van der Waals surface area contributed by atoms with Crippen LogP contribution in [-0.2, 0) is 0 Å². The summed E-state index contributed by atoms with van der Waals surface area (Å²) in [6.07, 6.45) is 3.88. The molecule has 0 radical (unpaired) electrons. The van der Waals surface area contributed by atoms with Gasteiger partial charge in [-0.3, -0.25) is 0 Å². The largest absolute Gasteiger partial charge is 0.338 e. The van der Waals surface area contributed by atoms with Crippen LogP contribution >= 0.6 is 27.7 Å². The van der Waals surface area contributed by atoms with Gasteiger partial charge in [0.2, 0.25) is 0 Å². The quantitative estimate of drug-likeness (QED) is 0.838. The molecule has 0 aliphatic carbocycles. The third kappa shape index (κ3) is 2.82. The van der Waals surface area contributed by atoms with E-state index in [0.29, 0.717) is 0 Å². The topological polar surface area (TPSA) is 24.9 Å². The highest BCUT2D eigenvalue weighted by Gasteiger charge is 2.06. The molecule has 1 N–H and O–H groups in total. The maximum Gasteiger partial charge on any atom is 0.144 e. The van der Waals surface area contributed by atoms with Crippen LogP contribution in [0.2, 0.25) is 0 Å². The van der Waals surface area contributed by atoms with Crippen molar-refractivity contribution < 1.29 is 0 Å². The zero-order chi connectivity index (χ0) is 12.3. The van der Waals surface area contributed by atoms with Crippen LogP contribution in [0.1, 0.15) is 5.56 Å². The molecule has 1 aromatic heterocycles. The fraction of sp³-hybridized carbons (Fsp3) is 0.154. The summed E-state index contributed by atoms with van der Waals surface area (Å²) in [6, 6.07) is 10.2. The lowest BCUT2D eigenvalue weighted by atomic mass is 10.3. The Morgan fingerprint density at radius 1 is 1.24 bits per heavy atom. The predicted molar refractivity (Wildman–Crippen MR) is 78.2 cm³/mol. The molecule has 0 aliphatic rings. The van der Waals surface area contributed by atoms with Gasteiger partial charge in [0, 0.05) is 11.1 Å². The van der Waals surface area contributed by atoms with Crippen LogP contribution in [-0.4, -0.2) is 11.2 Å². The summed E-state index contributed by atoms with van der Waals surface area (Å²) in [6.45, 7) is 2.05. The fourth-order valence-corrected chi connectivity index (χ4v) is 2.39. The molecule has 0 atom stereocenters.